The first-order chi connectivity index (χ1) is 9.84. The van der Waals surface area contributed by atoms with Crippen molar-refractivity contribution >= 4 is 28.1 Å². The molecule has 2 N–H and O–H groups in total. The Kier molecular flexibility index (Phi) is 4.46. The Morgan fingerprint density at radius 2 is 2.14 bits per heavy atom. The van der Waals surface area contributed by atoms with Gasteiger partial charge in [-0.2, -0.15) is 13.2 Å². The zero-order chi connectivity index (χ0) is 15.5. The van der Waals surface area contributed by atoms with Crippen LogP contribution in [0, 0.1) is 0 Å². The summed E-state index contributed by atoms with van der Waals surface area (Å²) < 4.78 is 37.3. The molecule has 2 aromatic rings. The van der Waals surface area contributed by atoms with Crippen LogP contribution in [0.5, 0.6) is 0 Å². The van der Waals surface area contributed by atoms with Gasteiger partial charge in [-0.15, -0.1) is 0 Å². The van der Waals surface area contributed by atoms with E-state index in [2.05, 4.69) is 15.6 Å². The molecule has 4 nitrogen and oxygen atoms in total. The van der Waals surface area contributed by atoms with Gasteiger partial charge in [0.05, 0.1) is 6.20 Å². The van der Waals surface area contributed by atoms with Crippen LogP contribution >= 0.6 is 11.3 Å². The van der Waals surface area contributed by atoms with E-state index in [-0.39, 0.29) is 11.0 Å². The van der Waals surface area contributed by atoms with Crippen LogP contribution in [-0.4, -0.2) is 10.9 Å². The van der Waals surface area contributed by atoms with E-state index >= 15 is 0 Å². The second-order valence-electron chi connectivity index (χ2n) is 4.26. The molecule has 1 amide bonds. The summed E-state index contributed by atoms with van der Waals surface area (Å²) in [7, 11) is 0. The smallest absolute Gasteiger partial charge is 0.357 e. The number of alkyl halides is 3. The lowest BCUT2D eigenvalue weighted by Gasteiger charge is -2.06. The maximum absolute atomic E-state index is 12.4. The van der Waals surface area contributed by atoms with Crippen molar-refractivity contribution in [2.24, 2.45) is 0 Å². The lowest BCUT2D eigenvalue weighted by atomic mass is 10.2. The predicted molar refractivity (Wildman–Crippen MR) is 75.2 cm³/mol. The minimum Gasteiger partial charge on any atom is -0.357 e. The van der Waals surface area contributed by atoms with Gasteiger partial charge in [0.15, 0.2) is 5.13 Å². The van der Waals surface area contributed by atoms with Crippen molar-refractivity contribution in [1.82, 2.24) is 4.98 Å². The van der Waals surface area contributed by atoms with Gasteiger partial charge in [-0.05, 0) is 17.7 Å². The number of rotatable bonds is 4. The van der Waals surface area contributed by atoms with Gasteiger partial charge in [-0.1, -0.05) is 23.5 Å². The maximum Gasteiger partial charge on any atom is 0.427 e. The van der Waals surface area contributed by atoms with Crippen LogP contribution in [0.4, 0.5) is 24.0 Å². The fourth-order valence-electron chi connectivity index (χ4n) is 1.63. The molecule has 1 heterocycles. The van der Waals surface area contributed by atoms with Gasteiger partial charge < -0.3 is 10.6 Å². The summed E-state index contributed by atoms with van der Waals surface area (Å²) in [6.07, 6.45) is -3.57. The van der Waals surface area contributed by atoms with Crippen LogP contribution in [0.25, 0.3) is 0 Å². The summed E-state index contributed by atoms with van der Waals surface area (Å²) in [5.74, 6) is -0.185. The molecule has 0 aliphatic carbocycles. The molecule has 21 heavy (non-hydrogen) atoms. The minimum absolute atomic E-state index is 0.185. The first-order valence-electron chi connectivity index (χ1n) is 5.98. The largest absolute Gasteiger partial charge is 0.427 e. The molecule has 0 aliphatic heterocycles. The van der Waals surface area contributed by atoms with Gasteiger partial charge in [0.25, 0.3) is 0 Å². The SMILES string of the molecule is CC(=O)Nc1cccc(CNc2ncc(C(F)(F)F)s2)c1. The third-order valence-corrected chi connectivity index (χ3v) is 3.48. The van der Waals surface area contributed by atoms with Crippen molar-refractivity contribution < 1.29 is 18.0 Å². The molecule has 0 atom stereocenters. The van der Waals surface area contributed by atoms with E-state index in [0.717, 1.165) is 11.8 Å². The monoisotopic (exact) mass is 315 g/mol. The molecule has 0 radical (unpaired) electrons. The molecule has 0 saturated heterocycles. The van der Waals surface area contributed by atoms with Crippen molar-refractivity contribution in [2.45, 2.75) is 19.6 Å². The van der Waals surface area contributed by atoms with E-state index in [0.29, 0.717) is 23.6 Å². The summed E-state index contributed by atoms with van der Waals surface area (Å²) in [6.45, 7) is 1.72. The molecule has 0 unspecified atom stereocenters. The molecular weight excluding hydrogens is 303 g/mol. The molecule has 1 aromatic carbocycles. The number of aromatic nitrogens is 1. The Morgan fingerprint density at radius 1 is 1.38 bits per heavy atom. The number of thiazole rings is 1. The Labute approximate surface area is 123 Å². The number of halogens is 3. The van der Waals surface area contributed by atoms with Crippen LogP contribution in [0.15, 0.2) is 30.5 Å². The molecule has 0 bridgehead atoms. The number of nitrogens with one attached hydrogen (secondary N) is 2. The maximum atomic E-state index is 12.4. The molecule has 112 valence electrons. The summed E-state index contributed by atoms with van der Waals surface area (Å²) in [4.78, 5) is 13.9. The van der Waals surface area contributed by atoms with E-state index in [9.17, 15) is 18.0 Å². The van der Waals surface area contributed by atoms with Crippen molar-refractivity contribution in [1.29, 1.82) is 0 Å². The standard InChI is InChI=1S/C13H12F3N3OS/c1-8(20)19-10-4-2-3-9(5-10)6-17-12-18-7-11(21-12)13(14,15)16/h2-5,7H,6H2,1H3,(H,17,18)(H,19,20). The van der Waals surface area contributed by atoms with Gasteiger partial charge in [-0.25, -0.2) is 4.98 Å². The first-order valence-corrected chi connectivity index (χ1v) is 6.79. The normalized spacial score (nSPS) is 11.2. The van der Waals surface area contributed by atoms with Crippen molar-refractivity contribution in [3.63, 3.8) is 0 Å². The van der Waals surface area contributed by atoms with Crippen molar-refractivity contribution in [2.75, 3.05) is 10.6 Å². The molecule has 8 heteroatoms. The number of nitrogens with zero attached hydrogens (tertiary/aromatic N) is 1. The van der Waals surface area contributed by atoms with E-state index in [1.54, 1.807) is 24.3 Å². The summed E-state index contributed by atoms with van der Waals surface area (Å²) in [6, 6.07) is 7.03. The number of carbonyl (C=O) groups excluding carboxylic acids is 1. The van der Waals surface area contributed by atoms with Crippen molar-refractivity contribution in [3.8, 4) is 0 Å². The van der Waals surface area contributed by atoms with Crippen LogP contribution in [-0.2, 0) is 17.5 Å². The van der Waals surface area contributed by atoms with Gasteiger partial charge >= 0.3 is 6.18 Å². The summed E-state index contributed by atoms with van der Waals surface area (Å²) in [5, 5.41) is 5.67. The van der Waals surface area contributed by atoms with E-state index < -0.39 is 11.1 Å². The summed E-state index contributed by atoms with van der Waals surface area (Å²) >= 11 is 0.557. The van der Waals surface area contributed by atoms with Gasteiger partial charge in [0, 0.05) is 19.2 Å². The highest BCUT2D eigenvalue weighted by atomic mass is 32.1. The number of hydrogen-bond acceptors (Lipinski definition) is 4. The minimum atomic E-state index is -4.37. The average molecular weight is 315 g/mol. The Morgan fingerprint density at radius 3 is 2.76 bits per heavy atom. The first kappa shape index (κ1) is 15.3. The lowest BCUT2D eigenvalue weighted by Crippen LogP contribution is -2.06. The highest BCUT2D eigenvalue weighted by Crippen LogP contribution is 2.35. The lowest BCUT2D eigenvalue weighted by molar-refractivity contribution is -0.134. The van der Waals surface area contributed by atoms with E-state index in [1.807, 2.05) is 0 Å². The van der Waals surface area contributed by atoms with Gasteiger partial charge in [0.1, 0.15) is 4.88 Å². The van der Waals surface area contributed by atoms with Crippen LogP contribution in [0.3, 0.4) is 0 Å². The topological polar surface area (TPSA) is 54.0 Å². The number of hydrogen-bond donors (Lipinski definition) is 2. The third-order valence-electron chi connectivity index (χ3n) is 2.48. The zero-order valence-electron chi connectivity index (χ0n) is 11.0. The van der Waals surface area contributed by atoms with Crippen LogP contribution < -0.4 is 10.6 Å². The molecular formula is C13H12F3N3OS. The third kappa shape index (κ3) is 4.45. The highest BCUT2D eigenvalue weighted by Gasteiger charge is 2.33. The van der Waals surface area contributed by atoms with Gasteiger partial charge in [0.2, 0.25) is 5.91 Å². The predicted octanol–water partition coefficient (Wildman–Crippen LogP) is 3.73. The molecule has 2 rings (SSSR count). The molecule has 0 spiro atoms. The number of benzene rings is 1. The van der Waals surface area contributed by atoms with Gasteiger partial charge in [-0.3, -0.25) is 4.79 Å². The quantitative estimate of drug-likeness (QED) is 0.904. The van der Waals surface area contributed by atoms with Crippen molar-refractivity contribution in [3.05, 3.63) is 40.9 Å². The Bertz CT molecular complexity index is 640. The fraction of sp³-hybridized carbons (Fsp3) is 0.231. The zero-order valence-corrected chi connectivity index (χ0v) is 11.8. The van der Waals surface area contributed by atoms with Crippen LogP contribution in [0.2, 0.25) is 0 Å². The number of carbonyl (C=O) groups is 1. The highest BCUT2D eigenvalue weighted by molar-refractivity contribution is 7.15. The molecule has 0 saturated carbocycles. The molecule has 0 fully saturated rings. The molecule has 1 aromatic heterocycles. The number of amides is 1. The Hall–Kier alpha value is -2.09. The fourth-order valence-corrected chi connectivity index (χ4v) is 2.31. The number of anilines is 2. The second kappa shape index (κ2) is 6.13. The van der Waals surface area contributed by atoms with E-state index in [1.165, 1.54) is 6.92 Å². The summed E-state index contributed by atoms with van der Waals surface area (Å²) in [5.41, 5.74) is 1.46. The Balaban J connectivity index is 2.00. The van der Waals surface area contributed by atoms with E-state index in [4.69, 9.17) is 0 Å². The van der Waals surface area contributed by atoms with Crippen LogP contribution in [0.1, 0.15) is 17.4 Å². The molecule has 0 aliphatic rings. The second-order valence-corrected chi connectivity index (χ2v) is 5.29. The average Bonchev–Trinajstić information content (AvgIpc) is 2.84.